The molecule has 9 heteroatoms. The number of terminal acetylenes is 1. The molecule has 0 amide bonds. The van der Waals surface area contributed by atoms with E-state index in [2.05, 4.69) is 20.9 Å². The van der Waals surface area contributed by atoms with Gasteiger partial charge in [-0.25, -0.2) is 14.4 Å². The van der Waals surface area contributed by atoms with Crippen molar-refractivity contribution >= 4 is 11.2 Å². The zero-order chi connectivity index (χ0) is 15.7. The minimum atomic E-state index is -2.27. The fourth-order valence-corrected chi connectivity index (χ4v) is 3.34. The van der Waals surface area contributed by atoms with Crippen LogP contribution in [-0.4, -0.2) is 59.8 Å². The van der Waals surface area contributed by atoms with Gasteiger partial charge in [0.05, 0.1) is 19.3 Å². The lowest BCUT2D eigenvalue weighted by molar-refractivity contribution is -0.0587. The average molecular weight is 306 g/mol. The third-order valence-corrected chi connectivity index (χ3v) is 4.43. The van der Waals surface area contributed by atoms with E-state index in [1.54, 1.807) is 0 Å². The van der Waals surface area contributed by atoms with Crippen molar-refractivity contribution in [2.45, 2.75) is 29.5 Å². The highest BCUT2D eigenvalue weighted by atomic mass is 19.1. The van der Waals surface area contributed by atoms with Crippen LogP contribution in [0.1, 0.15) is 6.04 Å². The summed E-state index contributed by atoms with van der Waals surface area (Å²) in [4.78, 5) is 21.9. The minimum absolute atomic E-state index is 0.0384. The zero-order valence-electron chi connectivity index (χ0n) is 11.1. The molecule has 1 aliphatic heterocycles. The highest BCUT2D eigenvalue weighted by Gasteiger charge is 2.89. The number of aliphatic hydroxyl groups excluding tert-OH is 2. The van der Waals surface area contributed by atoms with Crippen molar-refractivity contribution in [3.63, 3.8) is 0 Å². The summed E-state index contributed by atoms with van der Waals surface area (Å²) < 4.78 is 21.9. The lowest BCUT2D eigenvalue weighted by atomic mass is 10.1. The molecule has 2 aromatic rings. The topological polar surface area (TPSA) is 113 Å². The molecule has 1 aliphatic carbocycles. The van der Waals surface area contributed by atoms with Crippen LogP contribution in [0.15, 0.2) is 17.4 Å². The number of aromatic amines is 1. The smallest absolute Gasteiger partial charge is 0.278 e. The van der Waals surface area contributed by atoms with E-state index < -0.39 is 41.7 Å². The number of halogens is 1. The summed E-state index contributed by atoms with van der Waals surface area (Å²) in [6.07, 6.45) is 5.14. The van der Waals surface area contributed by atoms with Gasteiger partial charge in [0.2, 0.25) is 5.67 Å². The standard InChI is InChI=1S/C13H11FN4O4/c1-2-12-11(13(12,14)8(20)6(3-19)22-12)18-5-17-7-9(18)15-4-16-10(7)21/h1,4-6,8,11,19-20H,3H2,(H,15,16,21). The molecule has 1 saturated heterocycles. The normalized spacial score (nSPS) is 39.6. The van der Waals surface area contributed by atoms with Crippen molar-refractivity contribution in [3.05, 3.63) is 23.0 Å². The summed E-state index contributed by atoms with van der Waals surface area (Å²) >= 11 is 0. The van der Waals surface area contributed by atoms with Crippen molar-refractivity contribution in [2.24, 2.45) is 0 Å². The van der Waals surface area contributed by atoms with E-state index in [1.807, 2.05) is 0 Å². The van der Waals surface area contributed by atoms with Gasteiger partial charge < -0.3 is 24.5 Å². The minimum Gasteiger partial charge on any atom is -0.394 e. The van der Waals surface area contributed by atoms with Gasteiger partial charge in [-0.15, -0.1) is 6.42 Å². The van der Waals surface area contributed by atoms with Gasteiger partial charge in [-0.2, -0.15) is 0 Å². The van der Waals surface area contributed by atoms with Crippen LogP contribution in [0.5, 0.6) is 0 Å². The first kappa shape index (κ1) is 13.4. The number of alkyl halides is 1. The van der Waals surface area contributed by atoms with E-state index in [1.165, 1.54) is 17.2 Å². The molecule has 0 radical (unpaired) electrons. The molecule has 2 fully saturated rings. The predicted molar refractivity (Wildman–Crippen MR) is 70.6 cm³/mol. The first-order chi connectivity index (χ1) is 10.5. The zero-order valence-corrected chi connectivity index (χ0v) is 11.1. The summed E-state index contributed by atoms with van der Waals surface area (Å²) in [7, 11) is 0. The second-order valence-corrected chi connectivity index (χ2v) is 5.39. The summed E-state index contributed by atoms with van der Waals surface area (Å²) in [5.74, 6) is 2.24. The Balaban J connectivity index is 1.87. The second-order valence-electron chi connectivity index (χ2n) is 5.39. The number of aliphatic hydroxyl groups is 2. The number of imidazole rings is 1. The van der Waals surface area contributed by atoms with Crippen molar-refractivity contribution in [2.75, 3.05) is 6.61 Å². The molecule has 2 aromatic heterocycles. The molecule has 0 spiro atoms. The maximum atomic E-state index is 15.2. The average Bonchev–Trinajstić information content (AvgIpc) is 2.79. The number of hydrogen-bond donors (Lipinski definition) is 3. The molecule has 0 aromatic carbocycles. The Morgan fingerprint density at radius 3 is 3.00 bits per heavy atom. The van der Waals surface area contributed by atoms with Crippen LogP contribution >= 0.6 is 0 Å². The molecule has 4 rings (SSSR count). The third kappa shape index (κ3) is 1.22. The Labute approximate surface area is 122 Å². The van der Waals surface area contributed by atoms with E-state index in [0.29, 0.717) is 0 Å². The number of fused-ring (bicyclic) bond motifs is 2. The summed E-state index contributed by atoms with van der Waals surface area (Å²) in [5, 5.41) is 19.2. The maximum Gasteiger partial charge on any atom is 0.278 e. The van der Waals surface area contributed by atoms with Crippen LogP contribution in [0.2, 0.25) is 0 Å². The first-order valence-electron chi connectivity index (χ1n) is 6.55. The molecule has 2 aliphatic rings. The van der Waals surface area contributed by atoms with E-state index in [0.717, 1.165) is 0 Å². The third-order valence-electron chi connectivity index (χ3n) is 4.43. The molecule has 5 atom stereocenters. The number of hydrogen-bond acceptors (Lipinski definition) is 6. The number of ether oxygens (including phenoxy) is 1. The van der Waals surface area contributed by atoms with Gasteiger partial charge >= 0.3 is 0 Å². The van der Waals surface area contributed by atoms with Gasteiger partial charge in [0, 0.05) is 0 Å². The number of rotatable bonds is 2. The van der Waals surface area contributed by atoms with E-state index in [4.69, 9.17) is 16.3 Å². The maximum absolute atomic E-state index is 15.2. The fraction of sp³-hybridized carbons (Fsp3) is 0.462. The molecule has 3 N–H and O–H groups in total. The van der Waals surface area contributed by atoms with Gasteiger partial charge in [0.1, 0.15) is 18.2 Å². The summed E-state index contributed by atoms with van der Waals surface area (Å²) in [6, 6.07) is -1.07. The van der Waals surface area contributed by atoms with Crippen molar-refractivity contribution in [3.8, 4) is 12.3 Å². The Morgan fingerprint density at radius 1 is 1.59 bits per heavy atom. The van der Waals surface area contributed by atoms with Gasteiger partial charge in [0.25, 0.3) is 5.56 Å². The van der Waals surface area contributed by atoms with Gasteiger partial charge in [-0.05, 0) is 0 Å². The monoisotopic (exact) mass is 306 g/mol. The van der Waals surface area contributed by atoms with E-state index >= 15 is 4.39 Å². The first-order valence-corrected chi connectivity index (χ1v) is 6.55. The molecule has 0 bridgehead atoms. The van der Waals surface area contributed by atoms with Crippen LogP contribution in [0.3, 0.4) is 0 Å². The van der Waals surface area contributed by atoms with Crippen molar-refractivity contribution < 1.29 is 19.3 Å². The van der Waals surface area contributed by atoms with Gasteiger partial charge in [-0.1, -0.05) is 5.92 Å². The SMILES string of the molecule is C#CC12OC(CO)C(O)C1(F)C2n1cnc2c(=O)[nH]cnc21. The number of H-pyrrole nitrogens is 1. The highest BCUT2D eigenvalue weighted by Crippen LogP contribution is 2.69. The molecule has 1 saturated carbocycles. The van der Waals surface area contributed by atoms with E-state index in [9.17, 15) is 9.90 Å². The van der Waals surface area contributed by atoms with Crippen molar-refractivity contribution in [1.29, 1.82) is 0 Å². The number of nitrogens with zero attached hydrogens (tertiary/aromatic N) is 3. The summed E-state index contributed by atoms with van der Waals surface area (Å²) in [5.41, 5.74) is -4.26. The number of aromatic nitrogens is 4. The van der Waals surface area contributed by atoms with Crippen LogP contribution in [0.25, 0.3) is 11.2 Å². The Hall–Kier alpha value is -2.28. The molecule has 3 heterocycles. The van der Waals surface area contributed by atoms with Gasteiger partial charge in [0.15, 0.2) is 16.8 Å². The highest BCUT2D eigenvalue weighted by molar-refractivity contribution is 5.70. The number of nitrogens with one attached hydrogen (secondary N) is 1. The summed E-state index contributed by atoms with van der Waals surface area (Å²) in [6.45, 7) is -0.550. The Bertz CT molecular complexity index is 873. The molecule has 114 valence electrons. The van der Waals surface area contributed by atoms with E-state index in [-0.39, 0.29) is 11.2 Å². The lowest BCUT2D eigenvalue weighted by Gasteiger charge is -2.20. The Kier molecular flexibility index (Phi) is 2.39. The Morgan fingerprint density at radius 2 is 2.36 bits per heavy atom. The molecular weight excluding hydrogens is 295 g/mol. The van der Waals surface area contributed by atoms with Crippen LogP contribution in [-0.2, 0) is 4.74 Å². The predicted octanol–water partition coefficient (Wildman–Crippen LogP) is -1.49. The second kappa shape index (κ2) is 3.92. The molecular formula is C13H11FN4O4. The largest absolute Gasteiger partial charge is 0.394 e. The van der Waals surface area contributed by atoms with Crippen LogP contribution < -0.4 is 5.56 Å². The molecule has 8 nitrogen and oxygen atoms in total. The fourth-order valence-electron chi connectivity index (χ4n) is 3.34. The van der Waals surface area contributed by atoms with Crippen LogP contribution in [0.4, 0.5) is 4.39 Å². The van der Waals surface area contributed by atoms with Crippen LogP contribution in [0, 0.1) is 12.3 Å². The quantitative estimate of drug-likeness (QED) is 0.582. The van der Waals surface area contributed by atoms with Crippen molar-refractivity contribution in [1.82, 2.24) is 19.5 Å². The molecule has 5 unspecified atom stereocenters. The lowest BCUT2D eigenvalue weighted by Crippen LogP contribution is -2.37. The molecule has 22 heavy (non-hydrogen) atoms. The van der Waals surface area contributed by atoms with Gasteiger partial charge in [-0.3, -0.25) is 4.79 Å².